The monoisotopic (exact) mass is 282 g/mol. The van der Waals surface area contributed by atoms with E-state index in [-0.39, 0.29) is 12.1 Å². The van der Waals surface area contributed by atoms with Crippen molar-refractivity contribution in [2.24, 2.45) is 11.8 Å². The number of rotatable bonds is 8. The average Bonchev–Trinajstić information content (AvgIpc) is 3.23. The van der Waals surface area contributed by atoms with Crippen molar-refractivity contribution in [1.82, 2.24) is 10.2 Å². The Morgan fingerprint density at radius 1 is 1.20 bits per heavy atom. The van der Waals surface area contributed by atoms with Crippen LogP contribution in [0.3, 0.4) is 0 Å². The summed E-state index contributed by atoms with van der Waals surface area (Å²) in [6, 6.07) is 0.675. The molecule has 0 radical (unpaired) electrons. The number of likely N-dealkylation sites (tertiary alicyclic amines) is 1. The van der Waals surface area contributed by atoms with Gasteiger partial charge in [0.15, 0.2) is 0 Å². The summed E-state index contributed by atoms with van der Waals surface area (Å²) in [7, 11) is 0. The molecule has 0 amide bonds. The molecule has 0 aromatic rings. The van der Waals surface area contributed by atoms with E-state index in [1.54, 1.807) is 0 Å². The molecule has 0 bridgehead atoms. The van der Waals surface area contributed by atoms with Gasteiger partial charge in [-0.3, -0.25) is 0 Å². The van der Waals surface area contributed by atoms with Crippen LogP contribution in [0.2, 0.25) is 0 Å². The Balaban J connectivity index is 1.63. The second kappa shape index (κ2) is 7.24. The third kappa shape index (κ3) is 5.01. The quantitative estimate of drug-likeness (QED) is 0.718. The van der Waals surface area contributed by atoms with Crippen molar-refractivity contribution in [3.63, 3.8) is 0 Å². The zero-order valence-electron chi connectivity index (χ0n) is 13.7. The van der Waals surface area contributed by atoms with Crippen molar-refractivity contribution in [1.29, 1.82) is 0 Å². The Kier molecular flexibility index (Phi) is 5.88. The molecule has 1 aliphatic carbocycles. The predicted molar refractivity (Wildman–Crippen MR) is 84.9 cm³/mol. The molecule has 1 unspecified atom stereocenters. The molecule has 2 rings (SSSR count). The lowest BCUT2D eigenvalue weighted by molar-refractivity contribution is 0.134. The summed E-state index contributed by atoms with van der Waals surface area (Å²) < 4.78 is 0. The van der Waals surface area contributed by atoms with E-state index in [0.29, 0.717) is 6.04 Å². The van der Waals surface area contributed by atoms with Crippen molar-refractivity contribution in [3.05, 3.63) is 0 Å². The Morgan fingerprint density at radius 3 is 2.35 bits per heavy atom. The van der Waals surface area contributed by atoms with Gasteiger partial charge in [-0.2, -0.15) is 0 Å². The summed E-state index contributed by atoms with van der Waals surface area (Å²) in [6.45, 7) is 10.9. The second-order valence-electron chi connectivity index (χ2n) is 7.66. The first-order valence-electron chi connectivity index (χ1n) is 8.63. The largest absolute Gasteiger partial charge is 0.394 e. The molecule has 3 nitrogen and oxygen atoms in total. The predicted octanol–water partition coefficient (Wildman–Crippen LogP) is 2.64. The lowest BCUT2D eigenvalue weighted by Crippen LogP contribution is -2.47. The number of nitrogens with zero attached hydrogens (tertiary/aromatic N) is 1. The van der Waals surface area contributed by atoms with Gasteiger partial charge < -0.3 is 15.3 Å². The van der Waals surface area contributed by atoms with Crippen molar-refractivity contribution < 1.29 is 5.11 Å². The topological polar surface area (TPSA) is 35.5 Å². The Morgan fingerprint density at radius 2 is 1.85 bits per heavy atom. The third-order valence-corrected chi connectivity index (χ3v) is 5.26. The summed E-state index contributed by atoms with van der Waals surface area (Å²) in [6.07, 6.45) is 7.61. The normalized spacial score (nSPS) is 25.1. The summed E-state index contributed by atoms with van der Waals surface area (Å²) >= 11 is 0. The number of nitrogens with one attached hydrogen (secondary N) is 1. The van der Waals surface area contributed by atoms with Crippen LogP contribution in [0.15, 0.2) is 0 Å². The zero-order valence-corrected chi connectivity index (χ0v) is 13.7. The number of hydrogen-bond acceptors (Lipinski definition) is 3. The summed E-state index contributed by atoms with van der Waals surface area (Å²) in [4.78, 5) is 2.62. The molecule has 3 heteroatoms. The van der Waals surface area contributed by atoms with E-state index in [0.717, 1.165) is 18.3 Å². The maximum absolute atomic E-state index is 9.62. The van der Waals surface area contributed by atoms with Gasteiger partial charge in [-0.25, -0.2) is 0 Å². The first-order chi connectivity index (χ1) is 9.52. The molecule has 1 saturated heterocycles. The van der Waals surface area contributed by atoms with Crippen LogP contribution in [0.5, 0.6) is 0 Å². The maximum Gasteiger partial charge on any atom is 0.0610 e. The highest BCUT2D eigenvalue weighted by atomic mass is 16.3. The summed E-state index contributed by atoms with van der Waals surface area (Å²) in [5, 5.41) is 13.2. The molecule has 118 valence electrons. The third-order valence-electron chi connectivity index (χ3n) is 5.26. The van der Waals surface area contributed by atoms with Gasteiger partial charge in [0, 0.05) is 11.6 Å². The van der Waals surface area contributed by atoms with E-state index in [2.05, 4.69) is 31.0 Å². The van der Waals surface area contributed by atoms with Crippen molar-refractivity contribution >= 4 is 0 Å². The van der Waals surface area contributed by atoms with Crippen LogP contribution in [0, 0.1) is 11.8 Å². The number of aliphatic hydroxyl groups excluding tert-OH is 1. The first kappa shape index (κ1) is 16.3. The van der Waals surface area contributed by atoms with Crippen LogP contribution in [0.25, 0.3) is 0 Å². The molecular weight excluding hydrogens is 248 g/mol. The molecule has 2 fully saturated rings. The molecule has 0 aromatic heterocycles. The van der Waals surface area contributed by atoms with Crippen LogP contribution < -0.4 is 5.32 Å². The Labute approximate surface area is 125 Å². The molecular formula is C17H34N2O. The summed E-state index contributed by atoms with van der Waals surface area (Å²) in [5.74, 6) is 1.78. The number of aliphatic hydroxyl groups is 1. The van der Waals surface area contributed by atoms with Crippen LogP contribution in [0.1, 0.15) is 59.3 Å². The van der Waals surface area contributed by atoms with Gasteiger partial charge in [0.25, 0.3) is 0 Å². The van der Waals surface area contributed by atoms with Crippen LogP contribution in [0.4, 0.5) is 0 Å². The molecule has 2 aliphatic rings. The van der Waals surface area contributed by atoms with Gasteiger partial charge in [0.1, 0.15) is 0 Å². The molecule has 0 aromatic carbocycles. The van der Waals surface area contributed by atoms with Gasteiger partial charge >= 0.3 is 0 Å². The fraction of sp³-hybridized carbons (Fsp3) is 1.00. The highest BCUT2D eigenvalue weighted by Gasteiger charge is 2.31. The van der Waals surface area contributed by atoms with E-state index in [1.807, 2.05) is 0 Å². The van der Waals surface area contributed by atoms with Crippen LogP contribution >= 0.6 is 0 Å². The van der Waals surface area contributed by atoms with Gasteiger partial charge in [0.05, 0.1) is 6.61 Å². The lowest BCUT2D eigenvalue weighted by atomic mass is 9.86. The fourth-order valence-electron chi connectivity index (χ4n) is 3.45. The van der Waals surface area contributed by atoms with Gasteiger partial charge in [-0.05, 0) is 76.9 Å². The molecule has 1 atom stereocenters. The van der Waals surface area contributed by atoms with Crippen LogP contribution in [-0.4, -0.2) is 47.8 Å². The number of hydrogen-bond donors (Lipinski definition) is 2. The van der Waals surface area contributed by atoms with E-state index in [4.69, 9.17) is 0 Å². The number of piperidine rings is 1. The van der Waals surface area contributed by atoms with E-state index >= 15 is 0 Å². The van der Waals surface area contributed by atoms with E-state index in [1.165, 1.54) is 51.7 Å². The van der Waals surface area contributed by atoms with Gasteiger partial charge in [-0.1, -0.05) is 13.8 Å². The van der Waals surface area contributed by atoms with E-state index < -0.39 is 0 Å². The van der Waals surface area contributed by atoms with Crippen molar-refractivity contribution in [2.75, 3.05) is 26.2 Å². The Hall–Kier alpha value is -0.120. The van der Waals surface area contributed by atoms with E-state index in [9.17, 15) is 5.11 Å². The smallest absolute Gasteiger partial charge is 0.0610 e. The Bertz CT molecular complexity index is 283. The standard InChI is InChI=1S/C17H34N2O/c1-14(2)15-7-11-19(12-8-15)10-4-9-17(3,13-20)18-16-5-6-16/h14-16,18,20H,4-13H2,1-3H3. The lowest BCUT2D eigenvalue weighted by Gasteiger charge is -2.35. The minimum absolute atomic E-state index is 0.0581. The average molecular weight is 282 g/mol. The maximum atomic E-state index is 9.62. The van der Waals surface area contributed by atoms with Crippen molar-refractivity contribution in [3.8, 4) is 0 Å². The van der Waals surface area contributed by atoms with Gasteiger partial charge in [-0.15, -0.1) is 0 Å². The molecule has 0 spiro atoms. The molecule has 2 N–H and O–H groups in total. The molecule has 20 heavy (non-hydrogen) atoms. The van der Waals surface area contributed by atoms with Crippen LogP contribution in [-0.2, 0) is 0 Å². The highest BCUT2D eigenvalue weighted by Crippen LogP contribution is 2.26. The minimum Gasteiger partial charge on any atom is -0.394 e. The van der Waals surface area contributed by atoms with Crippen molar-refractivity contribution in [2.45, 2.75) is 70.9 Å². The molecule has 1 aliphatic heterocycles. The second-order valence-corrected chi connectivity index (χ2v) is 7.66. The fourth-order valence-corrected chi connectivity index (χ4v) is 3.45. The highest BCUT2D eigenvalue weighted by molar-refractivity contribution is 4.92. The minimum atomic E-state index is -0.0581. The van der Waals surface area contributed by atoms with Gasteiger partial charge in [0.2, 0.25) is 0 Å². The summed E-state index contributed by atoms with van der Waals surface area (Å²) in [5.41, 5.74) is -0.0581. The molecule has 1 saturated carbocycles. The zero-order chi connectivity index (χ0) is 14.6. The molecule has 1 heterocycles. The SMILES string of the molecule is CC(C)C1CCN(CCCC(C)(CO)NC2CC2)CC1. The first-order valence-corrected chi connectivity index (χ1v) is 8.63.